The molecular weight excluding hydrogens is 404 g/mol. The number of nitrogens with zero attached hydrogens (tertiary/aromatic N) is 5. The molecule has 1 aliphatic heterocycles. The quantitative estimate of drug-likeness (QED) is 0.646. The third-order valence-corrected chi connectivity index (χ3v) is 6.10. The molecule has 4 rings (SSSR count). The number of benzene rings is 1. The van der Waals surface area contributed by atoms with Gasteiger partial charge in [-0.3, -0.25) is 0 Å². The van der Waals surface area contributed by atoms with E-state index in [2.05, 4.69) is 41.0 Å². The highest BCUT2D eigenvalue weighted by atomic mass is 35.5. The SMILES string of the molecule is CC(C)Nc1ncc(-c2cc(-c3ccccc3Cl)nc(N3CCN(C)CC3)n2)s1. The fraction of sp³-hybridized carbons (Fsp3) is 0.381. The van der Waals surface area contributed by atoms with E-state index in [1.54, 1.807) is 11.3 Å². The van der Waals surface area contributed by atoms with E-state index < -0.39 is 0 Å². The van der Waals surface area contributed by atoms with Crippen LogP contribution in [-0.4, -0.2) is 59.1 Å². The molecule has 0 radical (unpaired) electrons. The van der Waals surface area contributed by atoms with Crippen molar-refractivity contribution in [1.29, 1.82) is 0 Å². The number of piperazine rings is 1. The Morgan fingerprint density at radius 1 is 1.07 bits per heavy atom. The summed E-state index contributed by atoms with van der Waals surface area (Å²) in [5, 5.41) is 4.95. The van der Waals surface area contributed by atoms with E-state index in [1.165, 1.54) is 0 Å². The number of halogens is 1. The van der Waals surface area contributed by atoms with Crippen LogP contribution >= 0.6 is 22.9 Å². The summed E-state index contributed by atoms with van der Waals surface area (Å²) in [6, 6.07) is 10.1. The molecule has 8 heteroatoms. The minimum Gasteiger partial charge on any atom is -0.359 e. The van der Waals surface area contributed by atoms with Crippen LogP contribution < -0.4 is 10.2 Å². The van der Waals surface area contributed by atoms with E-state index in [-0.39, 0.29) is 0 Å². The van der Waals surface area contributed by atoms with Gasteiger partial charge in [-0.2, -0.15) is 0 Å². The lowest BCUT2D eigenvalue weighted by molar-refractivity contribution is 0.311. The highest BCUT2D eigenvalue weighted by Crippen LogP contribution is 2.34. The van der Waals surface area contributed by atoms with Gasteiger partial charge in [0.05, 0.1) is 16.3 Å². The van der Waals surface area contributed by atoms with Gasteiger partial charge in [-0.25, -0.2) is 15.0 Å². The van der Waals surface area contributed by atoms with Crippen LogP contribution in [0.4, 0.5) is 11.1 Å². The normalized spacial score (nSPS) is 15.1. The van der Waals surface area contributed by atoms with Crippen molar-refractivity contribution in [2.24, 2.45) is 0 Å². The smallest absolute Gasteiger partial charge is 0.226 e. The van der Waals surface area contributed by atoms with E-state index in [9.17, 15) is 0 Å². The van der Waals surface area contributed by atoms with Gasteiger partial charge in [-0.05, 0) is 33.0 Å². The Morgan fingerprint density at radius 2 is 1.79 bits per heavy atom. The average Bonchev–Trinajstić information content (AvgIpc) is 3.16. The molecule has 0 amide bonds. The maximum Gasteiger partial charge on any atom is 0.226 e. The van der Waals surface area contributed by atoms with Gasteiger partial charge in [-0.15, -0.1) is 0 Å². The summed E-state index contributed by atoms with van der Waals surface area (Å²) in [5.74, 6) is 0.747. The monoisotopic (exact) mass is 428 g/mol. The molecule has 0 spiro atoms. The van der Waals surface area contributed by atoms with Gasteiger partial charge in [0.2, 0.25) is 5.95 Å². The lowest BCUT2D eigenvalue weighted by Crippen LogP contribution is -2.45. The number of aromatic nitrogens is 3. The number of rotatable bonds is 5. The third kappa shape index (κ3) is 4.69. The fourth-order valence-corrected chi connectivity index (χ4v) is 4.38. The molecule has 6 nitrogen and oxygen atoms in total. The second-order valence-electron chi connectivity index (χ2n) is 7.54. The molecule has 1 saturated heterocycles. The minimum absolute atomic E-state index is 0.332. The number of hydrogen-bond acceptors (Lipinski definition) is 7. The summed E-state index contributed by atoms with van der Waals surface area (Å²) in [5.41, 5.74) is 2.62. The van der Waals surface area contributed by atoms with Gasteiger partial charge in [0.1, 0.15) is 0 Å². The maximum absolute atomic E-state index is 6.48. The Balaban J connectivity index is 1.76. The van der Waals surface area contributed by atoms with Gasteiger partial charge in [0, 0.05) is 49.0 Å². The molecule has 0 bridgehead atoms. The topological polar surface area (TPSA) is 57.2 Å². The Labute approximate surface area is 180 Å². The van der Waals surface area contributed by atoms with E-state index in [1.807, 2.05) is 36.5 Å². The summed E-state index contributed by atoms with van der Waals surface area (Å²) < 4.78 is 0. The lowest BCUT2D eigenvalue weighted by atomic mass is 10.1. The van der Waals surface area contributed by atoms with Crippen LogP contribution in [0.15, 0.2) is 36.5 Å². The van der Waals surface area contributed by atoms with Crippen LogP contribution in [-0.2, 0) is 0 Å². The predicted molar refractivity (Wildman–Crippen MR) is 122 cm³/mol. The van der Waals surface area contributed by atoms with Crippen molar-refractivity contribution in [3.63, 3.8) is 0 Å². The zero-order chi connectivity index (χ0) is 20.4. The second kappa shape index (κ2) is 8.65. The molecule has 29 heavy (non-hydrogen) atoms. The van der Waals surface area contributed by atoms with Crippen LogP contribution in [0.25, 0.3) is 21.8 Å². The van der Waals surface area contributed by atoms with Crippen LogP contribution in [0.3, 0.4) is 0 Å². The Morgan fingerprint density at radius 3 is 2.52 bits per heavy atom. The second-order valence-corrected chi connectivity index (χ2v) is 8.98. The van der Waals surface area contributed by atoms with Crippen LogP contribution in [0.5, 0.6) is 0 Å². The maximum atomic E-state index is 6.48. The standard InChI is InChI=1S/C21H25ClN6S/c1-14(2)24-21-23-13-19(29-21)18-12-17(15-6-4-5-7-16(15)22)25-20(26-18)28-10-8-27(3)9-11-28/h4-7,12-14H,8-11H2,1-3H3,(H,23,24). The number of thiazole rings is 1. The molecule has 152 valence electrons. The van der Waals surface area contributed by atoms with Gasteiger partial charge in [-0.1, -0.05) is 41.1 Å². The van der Waals surface area contributed by atoms with Gasteiger partial charge >= 0.3 is 0 Å². The first-order chi connectivity index (χ1) is 14.0. The van der Waals surface area contributed by atoms with Gasteiger partial charge in [0.15, 0.2) is 5.13 Å². The highest BCUT2D eigenvalue weighted by molar-refractivity contribution is 7.18. The van der Waals surface area contributed by atoms with Crippen LogP contribution in [0.2, 0.25) is 5.02 Å². The predicted octanol–water partition coefficient (Wildman–Crippen LogP) is 4.49. The molecule has 0 aliphatic carbocycles. The highest BCUT2D eigenvalue weighted by Gasteiger charge is 2.20. The van der Waals surface area contributed by atoms with Crippen LogP contribution in [0, 0.1) is 0 Å². The van der Waals surface area contributed by atoms with E-state index in [4.69, 9.17) is 21.6 Å². The van der Waals surface area contributed by atoms with Crippen molar-refractivity contribution in [2.75, 3.05) is 43.4 Å². The Hall–Kier alpha value is -2.22. The van der Waals surface area contributed by atoms with Gasteiger partial charge < -0.3 is 15.1 Å². The van der Waals surface area contributed by atoms with Crippen molar-refractivity contribution in [1.82, 2.24) is 19.9 Å². The average molecular weight is 429 g/mol. The molecule has 1 fully saturated rings. The van der Waals surface area contributed by atoms with E-state index in [0.29, 0.717) is 11.1 Å². The summed E-state index contributed by atoms with van der Waals surface area (Å²) in [6.07, 6.45) is 1.88. The van der Waals surface area contributed by atoms with Crippen molar-refractivity contribution < 1.29 is 0 Å². The summed E-state index contributed by atoms with van der Waals surface area (Å²) in [6.45, 7) is 8.02. The van der Waals surface area contributed by atoms with Crippen molar-refractivity contribution in [3.8, 4) is 21.8 Å². The Bertz CT molecular complexity index is 981. The van der Waals surface area contributed by atoms with E-state index in [0.717, 1.165) is 59.1 Å². The van der Waals surface area contributed by atoms with Gasteiger partial charge in [0.25, 0.3) is 0 Å². The first kappa shape index (κ1) is 20.1. The number of likely N-dealkylation sites (N-methyl/N-ethyl adjacent to an activating group) is 1. The number of anilines is 2. The molecule has 0 saturated carbocycles. The first-order valence-electron chi connectivity index (χ1n) is 9.80. The minimum atomic E-state index is 0.332. The molecular formula is C21H25ClN6S. The van der Waals surface area contributed by atoms with Crippen molar-refractivity contribution >= 4 is 34.0 Å². The fourth-order valence-electron chi connectivity index (χ4n) is 3.22. The summed E-state index contributed by atoms with van der Waals surface area (Å²) in [4.78, 5) is 19.9. The molecule has 0 unspecified atom stereocenters. The molecule has 3 aromatic rings. The zero-order valence-electron chi connectivity index (χ0n) is 16.9. The molecule has 1 aliphatic rings. The summed E-state index contributed by atoms with van der Waals surface area (Å²) in [7, 11) is 2.14. The number of nitrogens with one attached hydrogen (secondary N) is 1. The van der Waals surface area contributed by atoms with Crippen LogP contribution in [0.1, 0.15) is 13.8 Å². The molecule has 2 aromatic heterocycles. The van der Waals surface area contributed by atoms with Crippen molar-refractivity contribution in [2.45, 2.75) is 19.9 Å². The third-order valence-electron chi connectivity index (χ3n) is 4.82. The molecule has 0 atom stereocenters. The zero-order valence-corrected chi connectivity index (χ0v) is 18.5. The first-order valence-corrected chi connectivity index (χ1v) is 11.0. The Kier molecular flexibility index (Phi) is 5.99. The van der Waals surface area contributed by atoms with E-state index >= 15 is 0 Å². The molecule has 1 aromatic carbocycles. The molecule has 3 heterocycles. The number of hydrogen-bond donors (Lipinski definition) is 1. The summed E-state index contributed by atoms with van der Waals surface area (Å²) >= 11 is 8.08. The largest absolute Gasteiger partial charge is 0.359 e. The van der Waals surface area contributed by atoms with Crippen molar-refractivity contribution in [3.05, 3.63) is 41.6 Å². The lowest BCUT2D eigenvalue weighted by Gasteiger charge is -2.32. The molecule has 1 N–H and O–H groups in total.